The van der Waals surface area contributed by atoms with Gasteiger partial charge in [-0.05, 0) is 31.5 Å². The van der Waals surface area contributed by atoms with E-state index in [0.717, 1.165) is 49.1 Å². The van der Waals surface area contributed by atoms with E-state index in [0.29, 0.717) is 0 Å². The van der Waals surface area contributed by atoms with Crippen molar-refractivity contribution in [3.8, 4) is 6.07 Å². The summed E-state index contributed by atoms with van der Waals surface area (Å²) < 4.78 is 2.02. The minimum atomic E-state index is -0.00971. The number of piperidine rings is 1. The van der Waals surface area contributed by atoms with E-state index >= 15 is 0 Å². The van der Waals surface area contributed by atoms with Gasteiger partial charge in [-0.25, -0.2) is 0 Å². The summed E-state index contributed by atoms with van der Waals surface area (Å²) in [4.78, 5) is 2.36. The molecule has 1 atom stereocenters. The molecule has 0 aliphatic carbocycles. The quantitative estimate of drug-likeness (QED) is 0.941. The summed E-state index contributed by atoms with van der Waals surface area (Å²) in [5, 5.41) is 19.0. The van der Waals surface area contributed by atoms with Gasteiger partial charge in [-0.15, -0.1) is 0 Å². The van der Waals surface area contributed by atoms with E-state index in [1.807, 2.05) is 28.8 Å². The third-order valence-corrected chi connectivity index (χ3v) is 4.51. The second kappa shape index (κ2) is 5.51. The van der Waals surface area contributed by atoms with E-state index in [1.54, 1.807) is 0 Å². The smallest absolute Gasteiger partial charge is 0.102 e. The lowest BCUT2D eigenvalue weighted by Gasteiger charge is -2.39. The van der Waals surface area contributed by atoms with Crippen LogP contribution in [0.25, 0.3) is 5.52 Å². The van der Waals surface area contributed by atoms with Crippen LogP contribution in [0.4, 0.5) is 0 Å². The van der Waals surface area contributed by atoms with E-state index in [9.17, 15) is 10.4 Å². The van der Waals surface area contributed by atoms with Crippen LogP contribution in [0.3, 0.4) is 0 Å². The molecule has 0 amide bonds. The van der Waals surface area contributed by atoms with Crippen molar-refractivity contribution in [3.05, 3.63) is 41.7 Å². The molecule has 0 spiro atoms. The number of hydrogen-bond donors (Lipinski definition) is 1. The molecule has 4 nitrogen and oxygen atoms in total. The predicted octanol–water partition coefficient (Wildman–Crippen LogP) is 2.41. The minimum absolute atomic E-state index is 0.00971. The fourth-order valence-electron chi connectivity index (χ4n) is 3.36. The van der Waals surface area contributed by atoms with Crippen LogP contribution in [0.1, 0.15) is 30.9 Å². The highest BCUT2D eigenvalue weighted by Crippen LogP contribution is 2.30. The summed E-state index contributed by atoms with van der Waals surface area (Å²) >= 11 is 0. The van der Waals surface area contributed by atoms with E-state index in [4.69, 9.17) is 0 Å². The summed E-state index contributed by atoms with van der Waals surface area (Å²) in [6, 6.07) is 8.26. The molecule has 0 saturated carbocycles. The molecule has 1 fully saturated rings. The van der Waals surface area contributed by atoms with E-state index in [-0.39, 0.29) is 12.0 Å². The third-order valence-electron chi connectivity index (χ3n) is 4.51. The standard InChI is InChI=1S/C17H21N3O/c1-17(13-21)6-4-7-19(12-17)10-14-11-20-8-3-2-5-16(20)15(14)9-18/h2-3,5,8,11,21H,4,6-7,10,12-13H2,1H3. The summed E-state index contributed by atoms with van der Waals surface area (Å²) in [7, 11) is 0. The molecule has 1 aliphatic rings. The molecule has 1 unspecified atom stereocenters. The maximum Gasteiger partial charge on any atom is 0.102 e. The van der Waals surface area contributed by atoms with E-state index in [2.05, 4.69) is 24.1 Å². The maximum absolute atomic E-state index is 9.57. The number of aliphatic hydroxyl groups excluding tert-OH is 1. The predicted molar refractivity (Wildman–Crippen MR) is 81.8 cm³/mol. The zero-order valence-electron chi connectivity index (χ0n) is 12.4. The molecule has 1 saturated heterocycles. The van der Waals surface area contributed by atoms with E-state index in [1.165, 1.54) is 0 Å². The van der Waals surface area contributed by atoms with Crippen LogP contribution >= 0.6 is 0 Å². The molecule has 0 radical (unpaired) electrons. The molecule has 3 rings (SSSR count). The molecule has 2 aromatic rings. The Morgan fingerprint density at radius 2 is 2.29 bits per heavy atom. The number of fused-ring (bicyclic) bond motifs is 1. The van der Waals surface area contributed by atoms with Crippen molar-refractivity contribution in [2.45, 2.75) is 26.3 Å². The first kappa shape index (κ1) is 14.1. The SMILES string of the molecule is CC1(CO)CCCN(Cc2cn3ccccc3c2C#N)C1. The number of aliphatic hydroxyl groups is 1. The molecular formula is C17H21N3O. The number of nitriles is 1. The zero-order valence-corrected chi connectivity index (χ0v) is 12.4. The second-order valence-electron chi connectivity index (χ2n) is 6.42. The Labute approximate surface area is 125 Å². The summed E-state index contributed by atoms with van der Waals surface area (Å²) in [6.07, 6.45) is 6.21. The maximum atomic E-state index is 9.57. The first-order chi connectivity index (χ1) is 10.1. The lowest BCUT2D eigenvalue weighted by Crippen LogP contribution is -2.43. The molecule has 1 aliphatic heterocycles. The Bertz CT molecular complexity index is 685. The molecule has 4 heteroatoms. The number of nitrogens with zero attached hydrogens (tertiary/aromatic N) is 3. The average molecular weight is 283 g/mol. The molecule has 21 heavy (non-hydrogen) atoms. The van der Waals surface area contributed by atoms with Crippen molar-refractivity contribution >= 4 is 5.52 Å². The number of aromatic nitrogens is 1. The van der Waals surface area contributed by atoms with Gasteiger partial charge in [0.1, 0.15) is 6.07 Å². The Morgan fingerprint density at radius 1 is 1.43 bits per heavy atom. The van der Waals surface area contributed by atoms with Gasteiger partial charge in [0, 0.05) is 43.1 Å². The van der Waals surface area contributed by atoms with Gasteiger partial charge >= 0.3 is 0 Å². The Hall–Kier alpha value is -1.83. The van der Waals surface area contributed by atoms with Gasteiger partial charge in [0.15, 0.2) is 0 Å². The first-order valence-corrected chi connectivity index (χ1v) is 7.47. The summed E-state index contributed by atoms with van der Waals surface area (Å²) in [6.45, 7) is 5.07. The van der Waals surface area contributed by atoms with Crippen molar-refractivity contribution in [2.24, 2.45) is 5.41 Å². The molecule has 3 heterocycles. The molecule has 0 aromatic carbocycles. The van der Waals surface area contributed by atoms with Crippen molar-refractivity contribution in [2.75, 3.05) is 19.7 Å². The number of rotatable bonds is 3. The highest BCUT2D eigenvalue weighted by molar-refractivity contribution is 5.65. The Morgan fingerprint density at radius 3 is 3.05 bits per heavy atom. The number of pyridine rings is 1. The van der Waals surface area contributed by atoms with Crippen molar-refractivity contribution in [1.29, 1.82) is 5.26 Å². The third kappa shape index (κ3) is 2.67. The highest BCUT2D eigenvalue weighted by atomic mass is 16.3. The van der Waals surface area contributed by atoms with E-state index < -0.39 is 0 Å². The molecular weight excluding hydrogens is 262 g/mol. The second-order valence-corrected chi connectivity index (χ2v) is 6.42. The first-order valence-electron chi connectivity index (χ1n) is 7.47. The normalized spacial score (nSPS) is 23.3. The average Bonchev–Trinajstić information content (AvgIpc) is 2.84. The van der Waals surface area contributed by atoms with Crippen LogP contribution in [-0.4, -0.2) is 34.1 Å². The summed E-state index contributed by atoms with van der Waals surface area (Å²) in [5.41, 5.74) is 2.80. The lowest BCUT2D eigenvalue weighted by molar-refractivity contribution is 0.0429. The van der Waals surface area contributed by atoms with Crippen molar-refractivity contribution in [1.82, 2.24) is 9.30 Å². The topological polar surface area (TPSA) is 51.7 Å². The van der Waals surface area contributed by atoms with Gasteiger partial charge in [-0.3, -0.25) is 4.90 Å². The zero-order chi connectivity index (χ0) is 14.9. The van der Waals surface area contributed by atoms with Crippen LogP contribution in [0.15, 0.2) is 30.6 Å². The van der Waals surface area contributed by atoms with Crippen molar-refractivity contribution in [3.63, 3.8) is 0 Å². The molecule has 2 aromatic heterocycles. The highest BCUT2D eigenvalue weighted by Gasteiger charge is 2.30. The fraction of sp³-hybridized carbons (Fsp3) is 0.471. The Kier molecular flexibility index (Phi) is 3.71. The van der Waals surface area contributed by atoms with Crippen LogP contribution in [0.2, 0.25) is 0 Å². The van der Waals surface area contributed by atoms with Gasteiger partial charge in [0.05, 0.1) is 11.1 Å². The fourth-order valence-corrected chi connectivity index (χ4v) is 3.36. The van der Waals surface area contributed by atoms with Gasteiger partial charge in [0.2, 0.25) is 0 Å². The van der Waals surface area contributed by atoms with Gasteiger partial charge in [0.25, 0.3) is 0 Å². The molecule has 0 bridgehead atoms. The largest absolute Gasteiger partial charge is 0.396 e. The lowest BCUT2D eigenvalue weighted by atomic mass is 9.82. The minimum Gasteiger partial charge on any atom is -0.396 e. The van der Waals surface area contributed by atoms with Gasteiger partial charge < -0.3 is 9.51 Å². The molecule has 110 valence electrons. The number of hydrogen-bond acceptors (Lipinski definition) is 3. The van der Waals surface area contributed by atoms with Crippen molar-refractivity contribution < 1.29 is 5.11 Å². The van der Waals surface area contributed by atoms with Gasteiger partial charge in [-0.1, -0.05) is 13.0 Å². The Balaban J connectivity index is 1.87. The van der Waals surface area contributed by atoms with Crippen LogP contribution in [-0.2, 0) is 6.54 Å². The van der Waals surface area contributed by atoms with Gasteiger partial charge in [-0.2, -0.15) is 5.26 Å². The summed E-state index contributed by atoms with van der Waals surface area (Å²) in [5.74, 6) is 0. The van der Waals surface area contributed by atoms with Crippen LogP contribution in [0, 0.1) is 16.7 Å². The monoisotopic (exact) mass is 283 g/mol. The molecule has 1 N–H and O–H groups in total. The van der Waals surface area contributed by atoms with Crippen LogP contribution in [0.5, 0.6) is 0 Å². The number of likely N-dealkylation sites (tertiary alicyclic amines) is 1. The van der Waals surface area contributed by atoms with Crippen LogP contribution < -0.4 is 0 Å².